The van der Waals surface area contributed by atoms with Gasteiger partial charge in [-0.25, -0.2) is 14.3 Å². The highest BCUT2D eigenvalue weighted by Crippen LogP contribution is 2.25. The standard InChI is InChI=1S/C19H27N5O2S2/c1-27-24-8-2-3-13(11-24)20-16-5-4-15-18(21-16)22-17(23-19(15)25)12-28-14-6-9-26-10-7-14/h4-5,13-14H,2-3,6-12H2,1H3,(H2,20,21,22,23,25). The van der Waals surface area contributed by atoms with E-state index in [-0.39, 0.29) is 5.56 Å². The zero-order valence-electron chi connectivity index (χ0n) is 16.1. The number of H-pyrrole nitrogens is 1. The van der Waals surface area contributed by atoms with Crippen LogP contribution >= 0.6 is 23.7 Å². The highest BCUT2D eigenvalue weighted by molar-refractivity contribution is 7.99. The van der Waals surface area contributed by atoms with Crippen molar-refractivity contribution in [3.8, 4) is 0 Å². The second-order valence-corrected chi connectivity index (χ2v) is 9.43. The molecule has 7 nitrogen and oxygen atoms in total. The molecule has 0 aromatic carbocycles. The number of nitrogens with one attached hydrogen (secondary N) is 2. The van der Waals surface area contributed by atoms with Crippen LogP contribution in [0.3, 0.4) is 0 Å². The van der Waals surface area contributed by atoms with Crippen LogP contribution in [0.5, 0.6) is 0 Å². The normalized spacial score (nSPS) is 21.8. The lowest BCUT2D eigenvalue weighted by Gasteiger charge is -2.31. The molecule has 2 saturated heterocycles. The monoisotopic (exact) mass is 421 g/mol. The zero-order chi connectivity index (χ0) is 19.3. The summed E-state index contributed by atoms with van der Waals surface area (Å²) < 4.78 is 7.78. The number of ether oxygens (including phenoxy) is 1. The third-order valence-electron chi connectivity index (χ3n) is 5.24. The summed E-state index contributed by atoms with van der Waals surface area (Å²) in [6.45, 7) is 3.78. The maximum atomic E-state index is 12.4. The maximum absolute atomic E-state index is 12.4. The summed E-state index contributed by atoms with van der Waals surface area (Å²) >= 11 is 3.63. The molecule has 2 aromatic heterocycles. The van der Waals surface area contributed by atoms with Gasteiger partial charge in [-0.15, -0.1) is 0 Å². The molecule has 2 N–H and O–H groups in total. The summed E-state index contributed by atoms with van der Waals surface area (Å²) in [4.78, 5) is 24.6. The van der Waals surface area contributed by atoms with Crippen molar-refractivity contribution in [3.63, 3.8) is 0 Å². The third-order valence-corrected chi connectivity index (χ3v) is 7.47. The molecular weight excluding hydrogens is 394 g/mol. The van der Waals surface area contributed by atoms with Gasteiger partial charge in [-0.1, -0.05) is 11.9 Å². The van der Waals surface area contributed by atoms with Crippen molar-refractivity contribution in [3.05, 3.63) is 28.3 Å². The Morgan fingerprint density at radius 2 is 2.14 bits per heavy atom. The second-order valence-electron chi connectivity index (χ2n) is 7.26. The van der Waals surface area contributed by atoms with Crippen LogP contribution in [0.1, 0.15) is 31.5 Å². The molecule has 2 fully saturated rings. The number of pyridine rings is 1. The van der Waals surface area contributed by atoms with Gasteiger partial charge in [-0.05, 0) is 44.1 Å². The number of nitrogens with zero attached hydrogens (tertiary/aromatic N) is 3. The van der Waals surface area contributed by atoms with Gasteiger partial charge in [0, 0.05) is 37.6 Å². The zero-order valence-corrected chi connectivity index (χ0v) is 17.8. The third kappa shape index (κ3) is 5.00. The van der Waals surface area contributed by atoms with Gasteiger partial charge in [-0.3, -0.25) is 4.79 Å². The first-order valence-corrected chi connectivity index (χ1v) is 12.1. The number of anilines is 1. The van der Waals surface area contributed by atoms with E-state index in [1.54, 1.807) is 11.9 Å². The minimum absolute atomic E-state index is 0.113. The van der Waals surface area contributed by atoms with Crippen LogP contribution in [0, 0.1) is 0 Å². The van der Waals surface area contributed by atoms with Crippen molar-refractivity contribution in [2.45, 2.75) is 42.7 Å². The van der Waals surface area contributed by atoms with E-state index in [0.29, 0.717) is 33.9 Å². The first-order chi connectivity index (χ1) is 13.7. The van der Waals surface area contributed by atoms with Crippen molar-refractivity contribution >= 4 is 40.6 Å². The lowest BCUT2D eigenvalue weighted by Crippen LogP contribution is -2.38. The highest BCUT2D eigenvalue weighted by Gasteiger charge is 2.20. The summed E-state index contributed by atoms with van der Waals surface area (Å²) in [6.07, 6.45) is 6.55. The second kappa shape index (κ2) is 9.47. The van der Waals surface area contributed by atoms with Gasteiger partial charge in [0.05, 0.1) is 11.1 Å². The summed E-state index contributed by atoms with van der Waals surface area (Å²) in [5.74, 6) is 2.19. The Balaban J connectivity index is 1.47. The van der Waals surface area contributed by atoms with Gasteiger partial charge < -0.3 is 15.0 Å². The molecule has 0 radical (unpaired) electrons. The number of aromatic amines is 1. The lowest BCUT2D eigenvalue weighted by molar-refractivity contribution is 0.1000. The summed E-state index contributed by atoms with van der Waals surface area (Å²) in [5, 5.41) is 4.63. The first kappa shape index (κ1) is 20.0. The van der Waals surface area contributed by atoms with Crippen LogP contribution in [0.2, 0.25) is 0 Å². The van der Waals surface area contributed by atoms with Crippen LogP contribution in [-0.4, -0.2) is 63.1 Å². The molecule has 0 saturated carbocycles. The molecule has 1 unspecified atom stereocenters. The average Bonchev–Trinajstić information content (AvgIpc) is 2.73. The van der Waals surface area contributed by atoms with Gasteiger partial charge in [0.25, 0.3) is 5.56 Å². The van der Waals surface area contributed by atoms with Crippen molar-refractivity contribution < 1.29 is 4.74 Å². The minimum atomic E-state index is -0.113. The lowest BCUT2D eigenvalue weighted by atomic mass is 10.1. The number of hydrogen-bond donors (Lipinski definition) is 2. The molecule has 0 bridgehead atoms. The number of fused-ring (bicyclic) bond motifs is 1. The molecule has 4 rings (SSSR count). The highest BCUT2D eigenvalue weighted by atomic mass is 32.2. The molecule has 28 heavy (non-hydrogen) atoms. The topological polar surface area (TPSA) is 83.1 Å². The fourth-order valence-corrected chi connectivity index (χ4v) is 5.39. The molecule has 9 heteroatoms. The summed E-state index contributed by atoms with van der Waals surface area (Å²) in [6, 6.07) is 4.08. The van der Waals surface area contributed by atoms with Gasteiger partial charge in [0.1, 0.15) is 11.6 Å². The Labute approximate surface area is 173 Å². The van der Waals surface area contributed by atoms with Crippen LogP contribution in [-0.2, 0) is 10.5 Å². The number of thioether (sulfide) groups is 1. The van der Waals surface area contributed by atoms with Gasteiger partial charge in [0.2, 0.25) is 0 Å². The molecule has 0 amide bonds. The minimum Gasteiger partial charge on any atom is -0.381 e. The Morgan fingerprint density at radius 1 is 1.29 bits per heavy atom. The Bertz CT molecular complexity index is 856. The quantitative estimate of drug-likeness (QED) is 0.689. The van der Waals surface area contributed by atoms with Crippen LogP contribution in [0.4, 0.5) is 5.82 Å². The van der Waals surface area contributed by atoms with E-state index in [2.05, 4.69) is 30.8 Å². The van der Waals surface area contributed by atoms with E-state index < -0.39 is 0 Å². The van der Waals surface area contributed by atoms with E-state index in [0.717, 1.165) is 51.4 Å². The predicted molar refractivity (Wildman–Crippen MR) is 117 cm³/mol. The van der Waals surface area contributed by atoms with Crippen molar-refractivity contribution in [1.29, 1.82) is 0 Å². The fourth-order valence-electron chi connectivity index (χ4n) is 3.69. The van der Waals surface area contributed by atoms with E-state index in [1.807, 2.05) is 23.9 Å². The number of rotatable bonds is 6. The smallest absolute Gasteiger partial charge is 0.260 e. The largest absolute Gasteiger partial charge is 0.381 e. The van der Waals surface area contributed by atoms with Gasteiger partial charge in [0.15, 0.2) is 5.65 Å². The van der Waals surface area contributed by atoms with Crippen molar-refractivity contribution in [1.82, 2.24) is 19.3 Å². The first-order valence-electron chi connectivity index (χ1n) is 9.86. The van der Waals surface area contributed by atoms with E-state index in [1.165, 1.54) is 6.42 Å². The molecule has 4 heterocycles. The molecule has 2 aromatic rings. The average molecular weight is 422 g/mol. The number of hydrogen-bond acceptors (Lipinski definition) is 8. The maximum Gasteiger partial charge on any atom is 0.260 e. The van der Waals surface area contributed by atoms with Gasteiger partial charge >= 0.3 is 0 Å². The van der Waals surface area contributed by atoms with Crippen molar-refractivity contribution in [2.75, 3.05) is 37.9 Å². The van der Waals surface area contributed by atoms with E-state index >= 15 is 0 Å². The predicted octanol–water partition coefficient (Wildman–Crippen LogP) is 2.88. The van der Waals surface area contributed by atoms with E-state index in [4.69, 9.17) is 4.74 Å². The summed E-state index contributed by atoms with van der Waals surface area (Å²) in [5.41, 5.74) is 0.409. The molecule has 2 aliphatic rings. The van der Waals surface area contributed by atoms with E-state index in [9.17, 15) is 4.79 Å². The number of aromatic nitrogens is 3. The molecule has 2 aliphatic heterocycles. The Kier molecular flexibility index (Phi) is 6.77. The molecule has 1 atom stereocenters. The molecule has 0 spiro atoms. The van der Waals surface area contributed by atoms with Crippen LogP contribution in [0.25, 0.3) is 11.0 Å². The molecule has 152 valence electrons. The SMILES string of the molecule is CSN1CCCC(Nc2ccc3c(=O)[nH]c(CSC4CCOCC4)nc3n2)C1. The molecular formula is C19H27N5O2S2. The van der Waals surface area contributed by atoms with Crippen LogP contribution in [0.15, 0.2) is 16.9 Å². The van der Waals surface area contributed by atoms with Crippen molar-refractivity contribution in [2.24, 2.45) is 0 Å². The fraction of sp³-hybridized carbons (Fsp3) is 0.632. The molecule has 0 aliphatic carbocycles. The Hall–Kier alpha value is -1.29. The summed E-state index contributed by atoms with van der Waals surface area (Å²) in [7, 11) is 0. The number of piperidine rings is 1. The Morgan fingerprint density at radius 3 is 2.96 bits per heavy atom. The van der Waals surface area contributed by atoms with Gasteiger partial charge in [-0.2, -0.15) is 11.8 Å². The van der Waals surface area contributed by atoms with Crippen LogP contribution < -0.4 is 10.9 Å².